The Bertz CT molecular complexity index is 993. The summed E-state index contributed by atoms with van der Waals surface area (Å²) in [5.74, 6) is 1.31. The summed E-state index contributed by atoms with van der Waals surface area (Å²) in [6.45, 7) is 2.66. The molecule has 0 aliphatic heterocycles. The topological polar surface area (TPSA) is 62.6 Å². The quantitative estimate of drug-likeness (QED) is 0.427. The summed E-state index contributed by atoms with van der Waals surface area (Å²) < 4.78 is 17.9. The van der Waals surface area contributed by atoms with Crippen molar-refractivity contribution in [3.8, 4) is 11.5 Å². The number of hydrogen-bond donors (Lipinski definition) is 0. The molecule has 0 aliphatic rings. The van der Waals surface area contributed by atoms with E-state index in [9.17, 15) is 4.79 Å². The Labute approximate surface area is 170 Å². The minimum Gasteiger partial charge on any atom is -0.493 e. The summed E-state index contributed by atoms with van der Waals surface area (Å²) >= 11 is 0. The number of rotatable bonds is 8. The average molecular weight is 392 g/mol. The van der Waals surface area contributed by atoms with Crippen LogP contribution in [0, 0.1) is 0 Å². The first-order valence-electron chi connectivity index (χ1n) is 9.32. The van der Waals surface area contributed by atoms with Gasteiger partial charge in [0.1, 0.15) is 11.4 Å². The third kappa shape index (κ3) is 4.85. The summed E-state index contributed by atoms with van der Waals surface area (Å²) in [6.07, 6.45) is 5.29. The molecule has 0 spiro atoms. The highest BCUT2D eigenvalue weighted by molar-refractivity contribution is 6.20. The summed E-state index contributed by atoms with van der Waals surface area (Å²) in [7, 11) is 3.15. The summed E-state index contributed by atoms with van der Waals surface area (Å²) in [6, 6.07) is 15.5. The fourth-order valence-electron chi connectivity index (χ4n) is 2.99. The van der Waals surface area contributed by atoms with Crippen LogP contribution in [-0.2, 0) is 16.1 Å². The zero-order chi connectivity index (χ0) is 20.6. The first-order valence-corrected chi connectivity index (χ1v) is 9.32. The van der Waals surface area contributed by atoms with E-state index in [1.165, 1.54) is 0 Å². The van der Waals surface area contributed by atoms with E-state index in [0.717, 1.165) is 11.1 Å². The van der Waals surface area contributed by atoms with E-state index in [2.05, 4.69) is 4.98 Å². The maximum atomic E-state index is 12.7. The number of aromatic nitrogens is 2. The number of benzene rings is 2. The molecular weight excluding hydrogens is 368 g/mol. The first-order chi connectivity index (χ1) is 14.2. The second-order valence-electron chi connectivity index (χ2n) is 6.26. The van der Waals surface area contributed by atoms with Gasteiger partial charge in [0.15, 0.2) is 11.5 Å². The molecule has 0 radical (unpaired) electrons. The van der Waals surface area contributed by atoms with Gasteiger partial charge in [0, 0.05) is 18.9 Å². The van der Waals surface area contributed by atoms with Gasteiger partial charge >= 0.3 is 5.97 Å². The Kier molecular flexibility index (Phi) is 6.68. The van der Waals surface area contributed by atoms with E-state index in [1.807, 2.05) is 53.2 Å². The lowest BCUT2D eigenvalue weighted by Gasteiger charge is -2.12. The Morgan fingerprint density at radius 2 is 1.83 bits per heavy atom. The van der Waals surface area contributed by atoms with Crippen molar-refractivity contribution < 1.29 is 19.0 Å². The summed E-state index contributed by atoms with van der Waals surface area (Å²) in [4.78, 5) is 17.2. The van der Waals surface area contributed by atoms with Crippen molar-refractivity contribution in [1.82, 2.24) is 9.55 Å². The van der Waals surface area contributed by atoms with Crippen LogP contribution in [0.15, 0.2) is 60.9 Å². The molecule has 0 amide bonds. The highest BCUT2D eigenvalue weighted by atomic mass is 16.5. The molecule has 3 rings (SSSR count). The fraction of sp³-hybridized carbons (Fsp3) is 0.217. The van der Waals surface area contributed by atoms with Crippen LogP contribution < -0.4 is 9.47 Å². The molecule has 0 saturated heterocycles. The number of carbonyl (C=O) groups excluding carboxylic acids is 1. The number of nitrogens with zero attached hydrogens (tertiary/aromatic N) is 2. The van der Waals surface area contributed by atoms with Gasteiger partial charge in [0.2, 0.25) is 0 Å². The molecular formula is C23H24N2O4. The summed E-state index contributed by atoms with van der Waals surface area (Å²) in [5, 5.41) is 0. The SMILES string of the molecule is CCOC(=O)/C(=C/c1ccc(OC)c(OC)c1)c1nccn1Cc1ccccc1. The molecule has 0 N–H and O–H groups in total. The number of methoxy groups -OCH3 is 2. The van der Waals surface area contributed by atoms with Gasteiger partial charge in [-0.2, -0.15) is 0 Å². The van der Waals surface area contributed by atoms with E-state index in [4.69, 9.17) is 14.2 Å². The third-order valence-electron chi connectivity index (χ3n) is 4.37. The maximum absolute atomic E-state index is 12.7. The van der Waals surface area contributed by atoms with E-state index in [-0.39, 0.29) is 6.61 Å². The molecule has 29 heavy (non-hydrogen) atoms. The first kappa shape index (κ1) is 20.2. The van der Waals surface area contributed by atoms with Gasteiger partial charge in [0.25, 0.3) is 0 Å². The number of esters is 1. The van der Waals surface area contributed by atoms with Crippen LogP contribution in [0.5, 0.6) is 11.5 Å². The average Bonchev–Trinajstić information content (AvgIpc) is 3.20. The smallest absolute Gasteiger partial charge is 0.341 e. The van der Waals surface area contributed by atoms with Gasteiger partial charge in [0.05, 0.1) is 20.8 Å². The maximum Gasteiger partial charge on any atom is 0.341 e. The fourth-order valence-corrected chi connectivity index (χ4v) is 2.99. The molecule has 0 fully saturated rings. The molecule has 0 saturated carbocycles. The molecule has 6 heteroatoms. The lowest BCUT2D eigenvalue weighted by Crippen LogP contribution is -2.12. The third-order valence-corrected chi connectivity index (χ3v) is 4.37. The van der Waals surface area contributed by atoms with Crippen molar-refractivity contribution >= 4 is 17.6 Å². The number of hydrogen-bond acceptors (Lipinski definition) is 5. The van der Waals surface area contributed by atoms with E-state index in [1.54, 1.807) is 39.5 Å². The van der Waals surface area contributed by atoms with Crippen molar-refractivity contribution in [2.75, 3.05) is 20.8 Å². The Hall–Kier alpha value is -3.54. The Morgan fingerprint density at radius 3 is 2.52 bits per heavy atom. The van der Waals surface area contributed by atoms with Crippen LogP contribution in [0.4, 0.5) is 0 Å². The summed E-state index contributed by atoms with van der Waals surface area (Å²) in [5.41, 5.74) is 2.26. The molecule has 6 nitrogen and oxygen atoms in total. The predicted molar refractivity (Wildman–Crippen MR) is 112 cm³/mol. The molecule has 0 bridgehead atoms. The van der Waals surface area contributed by atoms with Crippen molar-refractivity contribution in [2.24, 2.45) is 0 Å². The molecule has 150 valence electrons. The lowest BCUT2D eigenvalue weighted by molar-refractivity contribution is -0.136. The van der Waals surface area contributed by atoms with Crippen LogP contribution in [0.25, 0.3) is 11.6 Å². The van der Waals surface area contributed by atoms with Crippen molar-refractivity contribution in [1.29, 1.82) is 0 Å². The molecule has 1 heterocycles. The largest absolute Gasteiger partial charge is 0.493 e. The monoisotopic (exact) mass is 392 g/mol. The molecule has 2 aromatic carbocycles. The molecule has 3 aromatic rings. The minimum atomic E-state index is -0.428. The second-order valence-corrected chi connectivity index (χ2v) is 6.26. The Balaban J connectivity index is 2.02. The van der Waals surface area contributed by atoms with Crippen LogP contribution in [0.3, 0.4) is 0 Å². The van der Waals surface area contributed by atoms with Gasteiger partial charge in [-0.05, 0) is 36.3 Å². The normalized spacial score (nSPS) is 11.2. The van der Waals surface area contributed by atoms with Gasteiger partial charge in [-0.3, -0.25) is 0 Å². The minimum absolute atomic E-state index is 0.279. The van der Waals surface area contributed by atoms with Crippen LogP contribution in [-0.4, -0.2) is 36.3 Å². The van der Waals surface area contributed by atoms with Crippen LogP contribution in [0.1, 0.15) is 23.9 Å². The number of imidazole rings is 1. The van der Waals surface area contributed by atoms with Crippen molar-refractivity contribution in [2.45, 2.75) is 13.5 Å². The number of carbonyl (C=O) groups is 1. The molecule has 1 aromatic heterocycles. The van der Waals surface area contributed by atoms with Crippen molar-refractivity contribution in [3.63, 3.8) is 0 Å². The molecule has 0 unspecified atom stereocenters. The molecule has 0 atom stereocenters. The molecule has 0 aliphatic carbocycles. The van der Waals surface area contributed by atoms with E-state index < -0.39 is 5.97 Å². The van der Waals surface area contributed by atoms with E-state index >= 15 is 0 Å². The Morgan fingerprint density at radius 1 is 1.07 bits per heavy atom. The van der Waals surface area contributed by atoms with Gasteiger partial charge in [-0.15, -0.1) is 0 Å². The van der Waals surface area contributed by atoms with Gasteiger partial charge in [-0.25, -0.2) is 9.78 Å². The predicted octanol–water partition coefficient (Wildman–Crippen LogP) is 4.05. The lowest BCUT2D eigenvalue weighted by atomic mass is 10.1. The second kappa shape index (κ2) is 9.59. The zero-order valence-electron chi connectivity index (χ0n) is 16.8. The highest BCUT2D eigenvalue weighted by Crippen LogP contribution is 2.29. The number of ether oxygens (including phenoxy) is 3. The van der Waals surface area contributed by atoms with Gasteiger partial charge < -0.3 is 18.8 Å². The standard InChI is InChI=1S/C23H24N2O4/c1-4-29-23(26)19(14-18-10-11-20(27-2)21(15-18)28-3)22-24-12-13-25(22)16-17-8-6-5-7-9-17/h5-15H,4,16H2,1-3H3/b19-14+. The van der Waals surface area contributed by atoms with Crippen molar-refractivity contribution in [3.05, 3.63) is 77.9 Å². The van der Waals surface area contributed by atoms with Crippen LogP contribution >= 0.6 is 0 Å². The van der Waals surface area contributed by atoms with Gasteiger partial charge in [-0.1, -0.05) is 36.4 Å². The highest BCUT2D eigenvalue weighted by Gasteiger charge is 2.19. The van der Waals surface area contributed by atoms with Crippen LogP contribution in [0.2, 0.25) is 0 Å². The zero-order valence-corrected chi connectivity index (χ0v) is 16.8. The van der Waals surface area contributed by atoms with E-state index in [0.29, 0.717) is 29.4 Å².